The molecular formula is C9H14N2O2. The Kier molecular flexibility index (Phi) is 4.21. The number of rotatable bonds is 5. The Balaban J connectivity index is 2.54. The van der Waals surface area contributed by atoms with E-state index in [1.165, 1.54) is 0 Å². The molecule has 13 heavy (non-hydrogen) atoms. The number of methoxy groups -OCH3 is 1. The van der Waals surface area contributed by atoms with Crippen LogP contribution >= 0.6 is 0 Å². The maximum atomic E-state index is 8.56. The summed E-state index contributed by atoms with van der Waals surface area (Å²) >= 11 is 0. The van der Waals surface area contributed by atoms with Gasteiger partial charge in [0.2, 0.25) is 5.88 Å². The molecule has 0 spiro atoms. The largest absolute Gasteiger partial charge is 0.481 e. The van der Waals surface area contributed by atoms with Crippen LogP contribution < -0.4 is 10.1 Å². The summed E-state index contributed by atoms with van der Waals surface area (Å²) in [5.41, 5.74) is 0.999. The van der Waals surface area contributed by atoms with Crippen molar-refractivity contribution >= 4 is 0 Å². The van der Waals surface area contributed by atoms with Gasteiger partial charge in [0.25, 0.3) is 0 Å². The third-order valence-electron chi connectivity index (χ3n) is 1.65. The van der Waals surface area contributed by atoms with Crippen molar-refractivity contribution in [3.8, 4) is 5.88 Å². The number of ether oxygens (including phenoxy) is 1. The zero-order chi connectivity index (χ0) is 9.52. The van der Waals surface area contributed by atoms with E-state index in [1.807, 2.05) is 12.1 Å². The van der Waals surface area contributed by atoms with E-state index in [-0.39, 0.29) is 6.61 Å². The average molecular weight is 182 g/mol. The molecule has 0 amide bonds. The van der Waals surface area contributed by atoms with Crippen molar-refractivity contribution in [3.63, 3.8) is 0 Å². The van der Waals surface area contributed by atoms with Gasteiger partial charge in [-0.3, -0.25) is 0 Å². The lowest BCUT2D eigenvalue weighted by molar-refractivity contribution is 0.291. The van der Waals surface area contributed by atoms with Gasteiger partial charge < -0.3 is 15.2 Å². The molecule has 4 nitrogen and oxygen atoms in total. The van der Waals surface area contributed by atoms with Crippen molar-refractivity contribution in [2.24, 2.45) is 0 Å². The Bertz CT molecular complexity index is 253. The van der Waals surface area contributed by atoms with Crippen molar-refractivity contribution < 1.29 is 9.84 Å². The van der Waals surface area contributed by atoms with Gasteiger partial charge in [0, 0.05) is 24.8 Å². The Morgan fingerprint density at radius 2 is 2.46 bits per heavy atom. The first kappa shape index (κ1) is 9.95. The number of hydrogen-bond donors (Lipinski definition) is 2. The van der Waals surface area contributed by atoms with Gasteiger partial charge in [0.1, 0.15) is 0 Å². The first-order valence-electron chi connectivity index (χ1n) is 4.18. The number of nitrogens with zero attached hydrogens (tertiary/aromatic N) is 1. The molecule has 1 aromatic heterocycles. The summed E-state index contributed by atoms with van der Waals surface area (Å²) in [7, 11) is 1.60. The minimum atomic E-state index is 0.141. The van der Waals surface area contributed by atoms with Crippen LogP contribution in [-0.4, -0.2) is 30.4 Å². The quantitative estimate of drug-likeness (QED) is 0.637. The fraction of sp³-hybridized carbons (Fsp3) is 0.444. The highest BCUT2D eigenvalue weighted by atomic mass is 16.5. The van der Waals surface area contributed by atoms with E-state index in [9.17, 15) is 0 Å². The van der Waals surface area contributed by atoms with Crippen LogP contribution in [-0.2, 0) is 6.54 Å². The second-order valence-corrected chi connectivity index (χ2v) is 2.57. The van der Waals surface area contributed by atoms with Crippen LogP contribution in [0.4, 0.5) is 0 Å². The van der Waals surface area contributed by atoms with Gasteiger partial charge in [-0.25, -0.2) is 4.98 Å². The molecule has 72 valence electrons. The van der Waals surface area contributed by atoms with Crippen LogP contribution in [0.1, 0.15) is 5.56 Å². The molecule has 2 N–H and O–H groups in total. The van der Waals surface area contributed by atoms with E-state index >= 15 is 0 Å². The highest BCUT2D eigenvalue weighted by Gasteiger charge is 2.00. The average Bonchev–Trinajstić information content (AvgIpc) is 2.19. The van der Waals surface area contributed by atoms with Crippen molar-refractivity contribution in [2.75, 3.05) is 20.3 Å². The number of pyridine rings is 1. The lowest BCUT2D eigenvalue weighted by atomic mass is 10.2. The normalized spacial score (nSPS) is 10.0. The van der Waals surface area contributed by atoms with Gasteiger partial charge >= 0.3 is 0 Å². The molecule has 0 aromatic carbocycles. The minimum absolute atomic E-state index is 0.141. The van der Waals surface area contributed by atoms with Crippen LogP contribution in [0.5, 0.6) is 5.88 Å². The van der Waals surface area contributed by atoms with Gasteiger partial charge in [-0.2, -0.15) is 0 Å². The third kappa shape index (κ3) is 3.01. The molecule has 1 aromatic rings. The molecule has 0 atom stereocenters. The molecule has 0 radical (unpaired) electrons. The van der Waals surface area contributed by atoms with Gasteiger partial charge in [-0.05, 0) is 6.07 Å². The van der Waals surface area contributed by atoms with Gasteiger partial charge in [-0.1, -0.05) is 6.07 Å². The molecule has 0 aliphatic rings. The number of aliphatic hydroxyl groups is 1. The smallest absolute Gasteiger partial charge is 0.217 e. The SMILES string of the molecule is COc1ncccc1CNCCO. The van der Waals surface area contributed by atoms with Crippen molar-refractivity contribution in [1.29, 1.82) is 0 Å². The zero-order valence-corrected chi connectivity index (χ0v) is 7.66. The Morgan fingerprint density at radius 1 is 1.62 bits per heavy atom. The summed E-state index contributed by atoms with van der Waals surface area (Å²) in [6, 6.07) is 3.80. The fourth-order valence-electron chi connectivity index (χ4n) is 1.04. The first-order valence-corrected chi connectivity index (χ1v) is 4.18. The van der Waals surface area contributed by atoms with Crippen molar-refractivity contribution in [3.05, 3.63) is 23.9 Å². The Morgan fingerprint density at radius 3 is 3.15 bits per heavy atom. The summed E-state index contributed by atoms with van der Waals surface area (Å²) in [5, 5.41) is 11.6. The molecule has 0 unspecified atom stereocenters. The molecule has 1 rings (SSSR count). The van der Waals surface area contributed by atoms with E-state index in [0.717, 1.165) is 5.56 Å². The van der Waals surface area contributed by atoms with E-state index in [0.29, 0.717) is 19.0 Å². The van der Waals surface area contributed by atoms with Crippen molar-refractivity contribution in [1.82, 2.24) is 10.3 Å². The monoisotopic (exact) mass is 182 g/mol. The molecular weight excluding hydrogens is 168 g/mol. The van der Waals surface area contributed by atoms with Crippen LogP contribution in [0.25, 0.3) is 0 Å². The zero-order valence-electron chi connectivity index (χ0n) is 7.66. The van der Waals surface area contributed by atoms with Crippen LogP contribution in [0.2, 0.25) is 0 Å². The summed E-state index contributed by atoms with van der Waals surface area (Å²) in [5.74, 6) is 0.632. The number of aromatic nitrogens is 1. The first-order chi connectivity index (χ1) is 6.38. The number of hydrogen-bond acceptors (Lipinski definition) is 4. The molecule has 0 aliphatic carbocycles. The van der Waals surface area contributed by atoms with E-state index in [2.05, 4.69) is 10.3 Å². The van der Waals surface area contributed by atoms with E-state index in [4.69, 9.17) is 9.84 Å². The molecule has 0 fully saturated rings. The molecule has 0 saturated carbocycles. The highest BCUT2D eigenvalue weighted by Crippen LogP contribution is 2.12. The van der Waals surface area contributed by atoms with Crippen LogP contribution in [0.3, 0.4) is 0 Å². The molecule has 4 heteroatoms. The topological polar surface area (TPSA) is 54.4 Å². The molecule has 0 bridgehead atoms. The van der Waals surface area contributed by atoms with Crippen LogP contribution in [0, 0.1) is 0 Å². The van der Waals surface area contributed by atoms with E-state index < -0.39 is 0 Å². The van der Waals surface area contributed by atoms with Crippen molar-refractivity contribution in [2.45, 2.75) is 6.54 Å². The fourth-order valence-corrected chi connectivity index (χ4v) is 1.04. The summed E-state index contributed by atoms with van der Waals surface area (Å²) < 4.78 is 5.06. The lowest BCUT2D eigenvalue weighted by Gasteiger charge is -2.06. The van der Waals surface area contributed by atoms with Crippen LogP contribution in [0.15, 0.2) is 18.3 Å². The summed E-state index contributed by atoms with van der Waals surface area (Å²) in [6.07, 6.45) is 1.69. The standard InChI is InChI=1S/C9H14N2O2/c1-13-9-8(3-2-4-11-9)7-10-5-6-12/h2-4,10,12H,5-7H2,1H3. The van der Waals surface area contributed by atoms with Gasteiger partial charge in [-0.15, -0.1) is 0 Å². The lowest BCUT2D eigenvalue weighted by Crippen LogP contribution is -2.18. The molecule has 0 aliphatic heterocycles. The third-order valence-corrected chi connectivity index (χ3v) is 1.65. The molecule has 1 heterocycles. The predicted molar refractivity (Wildman–Crippen MR) is 49.6 cm³/mol. The minimum Gasteiger partial charge on any atom is -0.481 e. The maximum absolute atomic E-state index is 8.56. The maximum Gasteiger partial charge on any atom is 0.217 e. The second-order valence-electron chi connectivity index (χ2n) is 2.57. The van der Waals surface area contributed by atoms with Gasteiger partial charge in [0.05, 0.1) is 13.7 Å². The van der Waals surface area contributed by atoms with E-state index in [1.54, 1.807) is 13.3 Å². The summed E-state index contributed by atoms with van der Waals surface area (Å²) in [6.45, 7) is 1.39. The summed E-state index contributed by atoms with van der Waals surface area (Å²) in [4.78, 5) is 4.05. The molecule has 0 saturated heterocycles. The second kappa shape index (κ2) is 5.50. The predicted octanol–water partition coefficient (Wildman–Crippen LogP) is 0.172. The Labute approximate surface area is 77.6 Å². The number of aliphatic hydroxyl groups excluding tert-OH is 1. The highest BCUT2D eigenvalue weighted by molar-refractivity contribution is 5.24. The Hall–Kier alpha value is -1.13. The number of nitrogens with one attached hydrogen (secondary N) is 1. The van der Waals surface area contributed by atoms with Gasteiger partial charge in [0.15, 0.2) is 0 Å².